The lowest BCUT2D eigenvalue weighted by Gasteiger charge is -2.32. The van der Waals surface area contributed by atoms with Crippen LogP contribution in [0.25, 0.3) is 10.8 Å². The molecule has 6 N–H and O–H groups in total. The molecule has 2 aromatic rings. The van der Waals surface area contributed by atoms with E-state index in [0.717, 1.165) is 51.9 Å². The molecule has 0 saturated carbocycles. The summed E-state index contributed by atoms with van der Waals surface area (Å²) in [6.45, 7) is 5.18. The zero-order valence-electron chi connectivity index (χ0n) is 22.3. The average Bonchev–Trinajstić information content (AvgIpc) is 2.92. The number of nitrogens with two attached hydrogens (primary N) is 2. The molecule has 0 atom stereocenters. The molecule has 212 valence electrons. The Balaban J connectivity index is 0.00000420. The molecule has 0 radical (unpaired) electrons. The highest BCUT2D eigenvalue weighted by Gasteiger charge is 2.39. The Morgan fingerprint density at radius 3 is 1.13 bits per heavy atom. The third-order valence-corrected chi connectivity index (χ3v) is 7.15. The summed E-state index contributed by atoms with van der Waals surface area (Å²) < 4.78 is 0. The van der Waals surface area contributed by atoms with E-state index in [-0.39, 0.29) is 36.0 Å². The molecule has 0 unspecified atom stereocenters. The minimum absolute atomic E-state index is 0. The third-order valence-electron chi connectivity index (χ3n) is 7.15. The van der Waals surface area contributed by atoms with Crippen LogP contribution in [0.4, 0.5) is 0 Å². The van der Waals surface area contributed by atoms with Gasteiger partial charge in [0, 0.05) is 46.1 Å². The van der Waals surface area contributed by atoms with Crippen molar-refractivity contribution in [3.05, 3.63) is 46.5 Å². The highest BCUT2D eigenvalue weighted by molar-refractivity contribution is 6.33. The highest BCUT2D eigenvalue weighted by atomic mass is 35.5. The van der Waals surface area contributed by atoms with Crippen LogP contribution in [0.1, 0.15) is 80.0 Å². The van der Waals surface area contributed by atoms with Crippen LogP contribution in [-0.2, 0) is 0 Å². The lowest BCUT2D eigenvalue weighted by Crippen LogP contribution is -2.43. The van der Waals surface area contributed by atoms with Crippen LogP contribution in [0.15, 0.2) is 24.3 Å². The zero-order valence-corrected chi connectivity index (χ0v) is 23.1. The molecule has 10 nitrogen and oxygen atoms in total. The van der Waals surface area contributed by atoms with Crippen LogP contribution in [0.2, 0.25) is 0 Å². The van der Waals surface area contributed by atoms with Crippen LogP contribution in [0.5, 0.6) is 0 Å². The molecule has 11 heteroatoms. The number of benzene rings is 2. The molecule has 2 aliphatic heterocycles. The molecule has 0 spiro atoms. The first-order valence-corrected chi connectivity index (χ1v) is 13.6. The maximum atomic E-state index is 13.3. The zero-order chi connectivity index (χ0) is 27.1. The van der Waals surface area contributed by atoms with Crippen LogP contribution in [0.3, 0.4) is 0 Å². The van der Waals surface area contributed by atoms with Gasteiger partial charge in [0.15, 0.2) is 0 Å². The number of carbonyl (C=O) groups is 4. The molecular formula is C28H39ClN6O4. The number of rotatable bonds is 16. The number of amides is 4. The van der Waals surface area contributed by atoms with E-state index in [9.17, 15) is 19.2 Å². The second-order valence-corrected chi connectivity index (χ2v) is 9.79. The van der Waals surface area contributed by atoms with E-state index in [1.807, 2.05) is 0 Å². The van der Waals surface area contributed by atoms with E-state index in [1.165, 1.54) is 9.80 Å². The SMILES string of the molecule is Cl.NCCCNCCCCN1C(=O)c2ccc3c4c(ccc(c24)C1=O)C(=O)N(CCCCNCCCN)C3=O. The average molecular weight is 559 g/mol. The minimum Gasteiger partial charge on any atom is -0.330 e. The predicted molar refractivity (Wildman–Crippen MR) is 153 cm³/mol. The molecule has 4 rings (SSSR count). The third kappa shape index (κ3) is 6.47. The second-order valence-electron chi connectivity index (χ2n) is 9.79. The smallest absolute Gasteiger partial charge is 0.261 e. The van der Waals surface area contributed by atoms with Crippen molar-refractivity contribution in [1.82, 2.24) is 20.4 Å². The van der Waals surface area contributed by atoms with Crippen molar-refractivity contribution >= 4 is 46.8 Å². The Kier molecular flexibility index (Phi) is 11.4. The molecule has 0 aromatic heterocycles. The Morgan fingerprint density at radius 2 is 0.821 bits per heavy atom. The molecule has 0 aliphatic carbocycles. The number of halogens is 1. The van der Waals surface area contributed by atoms with E-state index in [1.54, 1.807) is 24.3 Å². The van der Waals surface area contributed by atoms with Crippen molar-refractivity contribution in [1.29, 1.82) is 0 Å². The van der Waals surface area contributed by atoms with Gasteiger partial charge in [-0.25, -0.2) is 0 Å². The van der Waals surface area contributed by atoms with Gasteiger partial charge in [0.05, 0.1) is 0 Å². The summed E-state index contributed by atoms with van der Waals surface area (Å²) in [5.74, 6) is -1.53. The number of hydrogen-bond donors (Lipinski definition) is 4. The van der Waals surface area contributed by atoms with Crippen LogP contribution in [-0.4, -0.2) is 85.8 Å². The van der Waals surface area contributed by atoms with E-state index in [4.69, 9.17) is 11.5 Å². The van der Waals surface area contributed by atoms with Crippen LogP contribution < -0.4 is 22.1 Å². The summed E-state index contributed by atoms with van der Waals surface area (Å²) in [7, 11) is 0. The monoisotopic (exact) mass is 558 g/mol. The molecular weight excluding hydrogens is 520 g/mol. The van der Waals surface area contributed by atoms with Crippen molar-refractivity contribution in [2.75, 3.05) is 52.4 Å². The summed E-state index contributed by atoms with van der Waals surface area (Å²) in [5.41, 5.74) is 12.4. The van der Waals surface area contributed by atoms with Gasteiger partial charge in [-0.3, -0.25) is 29.0 Å². The summed E-state index contributed by atoms with van der Waals surface area (Å²) >= 11 is 0. The number of carbonyl (C=O) groups excluding carboxylic acids is 4. The summed E-state index contributed by atoms with van der Waals surface area (Å²) in [6, 6.07) is 6.48. The van der Waals surface area contributed by atoms with Gasteiger partial charge >= 0.3 is 0 Å². The molecule has 2 aliphatic rings. The molecule has 39 heavy (non-hydrogen) atoms. The number of unbranched alkanes of at least 4 members (excludes halogenated alkanes) is 2. The number of nitrogens with one attached hydrogen (secondary N) is 2. The Morgan fingerprint density at radius 1 is 0.513 bits per heavy atom. The molecule has 2 aromatic carbocycles. The fraction of sp³-hybridized carbons (Fsp3) is 0.500. The van der Waals surface area contributed by atoms with Gasteiger partial charge in [0.2, 0.25) is 0 Å². The molecule has 4 amide bonds. The van der Waals surface area contributed by atoms with Crippen molar-refractivity contribution in [2.45, 2.75) is 38.5 Å². The van der Waals surface area contributed by atoms with Gasteiger partial charge in [-0.1, -0.05) is 0 Å². The predicted octanol–water partition coefficient (Wildman–Crippen LogP) is 1.89. The standard InChI is InChI=1S/C28H38N6O4.ClH/c29-11-5-15-31-13-1-3-17-33-25(35)19-7-9-21-24-22(10-8-20(23(19)24)26(33)36)28(38)34(27(21)37)18-4-2-14-32-16-6-12-30;/h7-10,31-32H,1-6,11-18,29-30H2;1H. The summed E-state index contributed by atoms with van der Waals surface area (Å²) in [4.78, 5) is 55.9. The van der Waals surface area contributed by atoms with Gasteiger partial charge in [0.1, 0.15) is 0 Å². The summed E-state index contributed by atoms with van der Waals surface area (Å²) in [6.07, 6.45) is 4.81. The number of nitrogens with zero attached hydrogens (tertiary/aromatic N) is 2. The lowest BCUT2D eigenvalue weighted by atomic mass is 9.86. The topological polar surface area (TPSA) is 151 Å². The van der Waals surface area contributed by atoms with Gasteiger partial charge in [0.25, 0.3) is 23.6 Å². The molecule has 0 saturated heterocycles. The van der Waals surface area contributed by atoms with Gasteiger partial charge in [-0.2, -0.15) is 0 Å². The second kappa shape index (κ2) is 14.5. The largest absolute Gasteiger partial charge is 0.330 e. The molecule has 0 bridgehead atoms. The van der Waals surface area contributed by atoms with Gasteiger partial charge in [-0.05, 0) is 102 Å². The lowest BCUT2D eigenvalue weighted by molar-refractivity contribution is 0.0586. The molecule has 0 fully saturated rings. The minimum atomic E-state index is -0.383. The number of imide groups is 2. The van der Waals surface area contributed by atoms with E-state index in [2.05, 4.69) is 10.6 Å². The maximum Gasteiger partial charge on any atom is 0.261 e. The first-order valence-electron chi connectivity index (χ1n) is 13.6. The fourth-order valence-electron chi connectivity index (χ4n) is 5.12. The van der Waals surface area contributed by atoms with E-state index in [0.29, 0.717) is 72.0 Å². The van der Waals surface area contributed by atoms with Crippen molar-refractivity contribution in [3.8, 4) is 0 Å². The Hall–Kier alpha value is -2.89. The van der Waals surface area contributed by atoms with Crippen molar-refractivity contribution in [2.24, 2.45) is 11.5 Å². The first kappa shape index (κ1) is 30.6. The molecule has 2 heterocycles. The van der Waals surface area contributed by atoms with Crippen molar-refractivity contribution in [3.63, 3.8) is 0 Å². The van der Waals surface area contributed by atoms with Crippen molar-refractivity contribution < 1.29 is 19.2 Å². The highest BCUT2D eigenvalue weighted by Crippen LogP contribution is 2.37. The van der Waals surface area contributed by atoms with Gasteiger partial charge in [-0.15, -0.1) is 12.4 Å². The maximum absolute atomic E-state index is 13.3. The van der Waals surface area contributed by atoms with Crippen LogP contribution in [0, 0.1) is 0 Å². The first-order chi connectivity index (χ1) is 18.5. The van der Waals surface area contributed by atoms with Crippen LogP contribution >= 0.6 is 12.4 Å². The van der Waals surface area contributed by atoms with Gasteiger partial charge < -0.3 is 22.1 Å². The Bertz CT molecular complexity index is 1060. The Labute approximate surface area is 235 Å². The van der Waals surface area contributed by atoms with E-state index < -0.39 is 0 Å². The number of hydrogen-bond acceptors (Lipinski definition) is 8. The normalized spacial score (nSPS) is 14.4. The quantitative estimate of drug-likeness (QED) is 0.180. The van der Waals surface area contributed by atoms with E-state index >= 15 is 0 Å². The summed E-state index contributed by atoms with van der Waals surface area (Å²) in [5, 5.41) is 7.43. The fourth-order valence-corrected chi connectivity index (χ4v) is 5.12.